The molecule has 2 aliphatic carbocycles. The van der Waals surface area contributed by atoms with E-state index in [9.17, 15) is 0 Å². The Kier molecular flexibility index (Phi) is 6.61. The first kappa shape index (κ1) is 31.9. The largest absolute Gasteiger partial charge is 0.310 e. The standard InChI is InChI=1S/C54H37NS/c1-53(2)44-20-7-5-17-40(44)42-29-27-38(32-48(42)53)55(37-26-25-34-13-3-4-14-36(34)31-37)39-28-30-51-49(33-39)54(46-22-9-10-24-50(46)56-51)45-21-8-6-18-41(45)43-19-11-15-35-16-12-23-47(54)52(35)43/h3-33H,1-2H3. The molecule has 1 atom stereocenters. The molecule has 0 fully saturated rings. The summed E-state index contributed by atoms with van der Waals surface area (Å²) in [5, 5.41) is 5.09. The molecule has 9 aromatic carbocycles. The number of hydrogen-bond donors (Lipinski definition) is 0. The Morgan fingerprint density at radius 3 is 1.73 bits per heavy atom. The minimum Gasteiger partial charge on any atom is -0.310 e. The topological polar surface area (TPSA) is 3.24 Å². The molecule has 1 aliphatic heterocycles. The van der Waals surface area contributed by atoms with Crippen molar-refractivity contribution in [2.24, 2.45) is 0 Å². The van der Waals surface area contributed by atoms with Crippen molar-refractivity contribution < 1.29 is 0 Å². The fourth-order valence-corrected chi connectivity index (χ4v) is 11.6. The van der Waals surface area contributed by atoms with Crippen molar-refractivity contribution in [3.8, 4) is 22.3 Å². The molecule has 0 N–H and O–H groups in total. The van der Waals surface area contributed by atoms with Crippen molar-refractivity contribution in [3.63, 3.8) is 0 Å². The summed E-state index contributed by atoms with van der Waals surface area (Å²) in [5.74, 6) is 0. The van der Waals surface area contributed by atoms with Gasteiger partial charge in [0.05, 0.1) is 5.41 Å². The van der Waals surface area contributed by atoms with Crippen LogP contribution in [0.2, 0.25) is 0 Å². The van der Waals surface area contributed by atoms with Crippen LogP contribution in [0.1, 0.15) is 47.2 Å². The SMILES string of the molecule is CC1(C)c2ccccc2-c2ccc(N(c3ccc4c(c3)C3(c5ccccc5S4)c4ccccc4-c4cccc5cccc3c45)c3ccc4ccccc4c3)cc21. The maximum Gasteiger partial charge on any atom is 0.0736 e. The van der Waals surface area contributed by atoms with Crippen LogP contribution in [0.15, 0.2) is 198 Å². The van der Waals surface area contributed by atoms with Crippen molar-refractivity contribution in [1.82, 2.24) is 0 Å². The maximum atomic E-state index is 2.52. The number of anilines is 3. The molecule has 56 heavy (non-hydrogen) atoms. The molecular formula is C54H37NS. The maximum absolute atomic E-state index is 2.52. The van der Waals surface area contributed by atoms with Crippen LogP contribution >= 0.6 is 11.8 Å². The van der Waals surface area contributed by atoms with E-state index in [0.717, 1.165) is 17.1 Å². The first-order valence-corrected chi connectivity index (χ1v) is 20.4. The van der Waals surface area contributed by atoms with E-state index in [-0.39, 0.29) is 5.41 Å². The second kappa shape index (κ2) is 11.6. The molecule has 0 bridgehead atoms. The van der Waals surface area contributed by atoms with Crippen LogP contribution in [-0.4, -0.2) is 0 Å². The Morgan fingerprint density at radius 1 is 0.357 bits per heavy atom. The normalized spacial score (nSPS) is 16.5. The molecule has 0 saturated heterocycles. The lowest BCUT2D eigenvalue weighted by Crippen LogP contribution is -2.36. The smallest absolute Gasteiger partial charge is 0.0736 e. The lowest BCUT2D eigenvalue weighted by atomic mass is 9.59. The quantitative estimate of drug-likeness (QED) is 0.178. The van der Waals surface area contributed by atoms with Gasteiger partial charge in [-0.2, -0.15) is 0 Å². The van der Waals surface area contributed by atoms with Crippen molar-refractivity contribution in [3.05, 3.63) is 221 Å². The van der Waals surface area contributed by atoms with Crippen molar-refractivity contribution in [2.75, 3.05) is 4.90 Å². The third-order valence-electron chi connectivity index (χ3n) is 12.9. The summed E-state index contributed by atoms with van der Waals surface area (Å²) < 4.78 is 0. The van der Waals surface area contributed by atoms with E-state index >= 15 is 0 Å². The van der Waals surface area contributed by atoms with Crippen molar-refractivity contribution >= 4 is 50.4 Å². The zero-order valence-electron chi connectivity index (χ0n) is 31.3. The van der Waals surface area contributed by atoms with Gasteiger partial charge in [0.2, 0.25) is 0 Å². The fourth-order valence-electron chi connectivity index (χ4n) is 10.4. The van der Waals surface area contributed by atoms with Gasteiger partial charge in [0.25, 0.3) is 0 Å². The molecular weight excluding hydrogens is 695 g/mol. The van der Waals surface area contributed by atoms with Gasteiger partial charge in [-0.15, -0.1) is 0 Å². The molecule has 1 spiro atoms. The summed E-state index contributed by atoms with van der Waals surface area (Å²) in [7, 11) is 0. The summed E-state index contributed by atoms with van der Waals surface area (Å²) in [6.45, 7) is 4.75. The third-order valence-corrected chi connectivity index (χ3v) is 14.0. The molecule has 0 radical (unpaired) electrons. The Balaban J connectivity index is 1.16. The molecule has 1 nitrogen and oxygen atoms in total. The van der Waals surface area contributed by atoms with E-state index in [1.165, 1.54) is 87.0 Å². The zero-order valence-corrected chi connectivity index (χ0v) is 32.1. The highest BCUT2D eigenvalue weighted by molar-refractivity contribution is 7.99. The van der Waals surface area contributed by atoms with Crippen molar-refractivity contribution in [2.45, 2.75) is 34.5 Å². The lowest BCUT2D eigenvalue weighted by molar-refractivity contribution is 0.660. The summed E-state index contributed by atoms with van der Waals surface area (Å²) in [5.41, 5.74) is 16.2. The van der Waals surface area contributed by atoms with E-state index < -0.39 is 5.41 Å². The average molecular weight is 732 g/mol. The lowest BCUT2D eigenvalue weighted by Gasteiger charge is -2.46. The molecule has 9 aromatic rings. The van der Waals surface area contributed by atoms with E-state index in [0.29, 0.717) is 0 Å². The summed E-state index contributed by atoms with van der Waals surface area (Å²) in [6, 6.07) is 70.9. The third kappa shape index (κ3) is 4.23. The Hall–Kier alpha value is -6.35. The van der Waals surface area contributed by atoms with Crippen LogP contribution in [0.4, 0.5) is 17.1 Å². The van der Waals surface area contributed by atoms with Crippen LogP contribution in [0.25, 0.3) is 43.8 Å². The van der Waals surface area contributed by atoms with E-state index in [4.69, 9.17) is 0 Å². The molecule has 3 aliphatic rings. The zero-order chi connectivity index (χ0) is 37.2. The van der Waals surface area contributed by atoms with Gasteiger partial charge in [-0.1, -0.05) is 165 Å². The molecule has 0 saturated carbocycles. The highest BCUT2D eigenvalue weighted by atomic mass is 32.2. The Bertz CT molecular complexity index is 3110. The van der Waals surface area contributed by atoms with Crippen LogP contribution in [0.3, 0.4) is 0 Å². The molecule has 2 heteroatoms. The van der Waals surface area contributed by atoms with Crippen LogP contribution < -0.4 is 4.90 Å². The fraction of sp³-hybridized carbons (Fsp3) is 0.0741. The highest BCUT2D eigenvalue weighted by Crippen LogP contribution is 2.62. The Labute approximate surface area is 331 Å². The molecule has 1 unspecified atom stereocenters. The number of nitrogens with zero attached hydrogens (tertiary/aromatic N) is 1. The second-order valence-corrected chi connectivity index (χ2v) is 17.1. The molecule has 264 valence electrons. The summed E-state index contributed by atoms with van der Waals surface area (Å²) >= 11 is 1.90. The van der Waals surface area contributed by atoms with Gasteiger partial charge in [-0.05, 0) is 126 Å². The number of rotatable bonds is 3. The molecule has 0 amide bonds. The molecule has 0 aromatic heterocycles. The summed E-state index contributed by atoms with van der Waals surface area (Å²) in [4.78, 5) is 5.10. The summed E-state index contributed by atoms with van der Waals surface area (Å²) in [6.07, 6.45) is 0. The number of benzene rings is 9. The first-order valence-electron chi connectivity index (χ1n) is 19.6. The second-order valence-electron chi connectivity index (χ2n) is 16.1. The minimum absolute atomic E-state index is 0.116. The van der Waals surface area contributed by atoms with Gasteiger partial charge in [0.15, 0.2) is 0 Å². The highest BCUT2D eigenvalue weighted by Gasteiger charge is 2.49. The number of fused-ring (bicyclic) bond motifs is 12. The monoisotopic (exact) mass is 731 g/mol. The van der Waals surface area contributed by atoms with Crippen LogP contribution in [0, 0.1) is 0 Å². The van der Waals surface area contributed by atoms with Crippen LogP contribution in [0.5, 0.6) is 0 Å². The van der Waals surface area contributed by atoms with Crippen LogP contribution in [-0.2, 0) is 10.8 Å². The van der Waals surface area contributed by atoms with E-state index in [1.54, 1.807) is 0 Å². The van der Waals surface area contributed by atoms with Gasteiger partial charge in [0, 0.05) is 32.3 Å². The number of hydrogen-bond acceptors (Lipinski definition) is 2. The molecule has 12 rings (SSSR count). The van der Waals surface area contributed by atoms with Gasteiger partial charge in [-0.3, -0.25) is 0 Å². The van der Waals surface area contributed by atoms with Gasteiger partial charge in [-0.25, -0.2) is 0 Å². The predicted octanol–water partition coefficient (Wildman–Crippen LogP) is 14.6. The predicted molar refractivity (Wildman–Crippen MR) is 235 cm³/mol. The minimum atomic E-state index is -0.520. The Morgan fingerprint density at radius 2 is 0.893 bits per heavy atom. The average Bonchev–Trinajstić information content (AvgIpc) is 3.48. The molecule has 1 heterocycles. The first-order chi connectivity index (χ1) is 27.5. The van der Waals surface area contributed by atoms with Gasteiger partial charge in [0.1, 0.15) is 0 Å². The van der Waals surface area contributed by atoms with E-state index in [2.05, 4.69) is 207 Å². The van der Waals surface area contributed by atoms with Crippen molar-refractivity contribution in [1.29, 1.82) is 0 Å². The van der Waals surface area contributed by atoms with Gasteiger partial charge >= 0.3 is 0 Å². The van der Waals surface area contributed by atoms with Gasteiger partial charge < -0.3 is 4.90 Å². The van der Waals surface area contributed by atoms with E-state index in [1.807, 2.05) is 11.8 Å².